The number of alkyl halides is 2. The van der Waals surface area contributed by atoms with Gasteiger partial charge in [-0.15, -0.1) is 0 Å². The minimum Gasteiger partial charge on any atom is -0.432 e. The summed E-state index contributed by atoms with van der Waals surface area (Å²) in [4.78, 5) is 17.8. The normalized spacial score (nSPS) is 17.1. The standard InChI is InChI=1S/C19H17F3N4O2/c1-25-13(3-5-18(25)27)10-26-16-6-12(8-23-15(16)9-24-26)11-2-4-14(20)17(7-11)28-19(21)22/h2,4,6-9,13,19H,3,5,10H2,1H3/t13-/m1/s1. The number of pyridine rings is 1. The van der Waals surface area contributed by atoms with Crippen LogP contribution in [0.2, 0.25) is 0 Å². The number of nitrogens with zero attached hydrogens (tertiary/aromatic N) is 4. The molecule has 0 saturated carbocycles. The zero-order chi connectivity index (χ0) is 19.8. The number of fused-ring (bicyclic) bond motifs is 1. The van der Waals surface area contributed by atoms with Crippen molar-refractivity contribution in [3.63, 3.8) is 0 Å². The third-order valence-electron chi connectivity index (χ3n) is 4.99. The fraction of sp³-hybridized carbons (Fsp3) is 0.316. The lowest BCUT2D eigenvalue weighted by atomic mass is 10.1. The number of amides is 1. The van der Waals surface area contributed by atoms with Crippen LogP contribution in [0.3, 0.4) is 0 Å². The van der Waals surface area contributed by atoms with E-state index in [1.807, 2.05) is 6.07 Å². The van der Waals surface area contributed by atoms with Crippen molar-refractivity contribution < 1.29 is 22.7 Å². The SMILES string of the molecule is CN1C(=O)CC[C@@H]1Cn1ncc2ncc(-c3ccc(F)c(OC(F)F)c3)cc21. The van der Waals surface area contributed by atoms with Gasteiger partial charge in [-0.2, -0.15) is 13.9 Å². The van der Waals surface area contributed by atoms with Crippen molar-refractivity contribution >= 4 is 16.9 Å². The summed E-state index contributed by atoms with van der Waals surface area (Å²) in [6.07, 6.45) is 4.48. The van der Waals surface area contributed by atoms with Crippen molar-refractivity contribution in [1.82, 2.24) is 19.7 Å². The van der Waals surface area contributed by atoms with Crippen molar-refractivity contribution in [2.24, 2.45) is 0 Å². The Balaban J connectivity index is 1.67. The van der Waals surface area contributed by atoms with Gasteiger partial charge < -0.3 is 9.64 Å². The number of hydrogen-bond acceptors (Lipinski definition) is 4. The van der Waals surface area contributed by atoms with Crippen molar-refractivity contribution in [2.75, 3.05) is 7.05 Å². The molecule has 0 N–H and O–H groups in total. The van der Waals surface area contributed by atoms with Crippen LogP contribution in [-0.4, -0.2) is 45.3 Å². The first kappa shape index (κ1) is 18.3. The zero-order valence-electron chi connectivity index (χ0n) is 15.0. The summed E-state index contributed by atoms with van der Waals surface area (Å²) in [5.41, 5.74) is 2.52. The molecule has 4 rings (SSSR count). The smallest absolute Gasteiger partial charge is 0.387 e. The van der Waals surface area contributed by atoms with Gasteiger partial charge in [0.2, 0.25) is 5.91 Å². The molecule has 1 fully saturated rings. The minimum atomic E-state index is -3.11. The van der Waals surface area contributed by atoms with Gasteiger partial charge >= 0.3 is 6.61 Å². The van der Waals surface area contributed by atoms with Gasteiger partial charge in [0.15, 0.2) is 11.6 Å². The van der Waals surface area contributed by atoms with Crippen LogP contribution in [0.15, 0.2) is 36.7 Å². The first-order chi connectivity index (χ1) is 13.4. The number of rotatable bonds is 5. The van der Waals surface area contributed by atoms with Crippen LogP contribution in [0, 0.1) is 5.82 Å². The highest BCUT2D eigenvalue weighted by Gasteiger charge is 2.28. The van der Waals surface area contributed by atoms with E-state index in [-0.39, 0.29) is 11.9 Å². The average molecular weight is 390 g/mol. The summed E-state index contributed by atoms with van der Waals surface area (Å²) in [6, 6.07) is 5.63. The molecule has 3 aromatic rings. The molecule has 2 aromatic heterocycles. The van der Waals surface area contributed by atoms with Gasteiger partial charge in [-0.1, -0.05) is 6.07 Å². The Kier molecular flexibility index (Phi) is 4.66. The van der Waals surface area contributed by atoms with E-state index in [1.54, 1.807) is 29.0 Å². The molecule has 3 heterocycles. The highest BCUT2D eigenvalue weighted by atomic mass is 19.3. The second kappa shape index (κ2) is 7.14. The van der Waals surface area contributed by atoms with Crippen LogP contribution in [0.4, 0.5) is 13.2 Å². The molecule has 1 aliphatic heterocycles. The summed E-state index contributed by atoms with van der Waals surface area (Å²) in [7, 11) is 1.78. The molecule has 1 atom stereocenters. The molecular formula is C19H17F3N4O2. The van der Waals surface area contributed by atoms with E-state index >= 15 is 0 Å². The molecule has 1 saturated heterocycles. The van der Waals surface area contributed by atoms with E-state index in [4.69, 9.17) is 0 Å². The first-order valence-electron chi connectivity index (χ1n) is 8.74. The van der Waals surface area contributed by atoms with Gasteiger partial charge in [0.25, 0.3) is 0 Å². The van der Waals surface area contributed by atoms with Gasteiger partial charge in [0.1, 0.15) is 5.52 Å². The van der Waals surface area contributed by atoms with Crippen LogP contribution >= 0.6 is 0 Å². The lowest BCUT2D eigenvalue weighted by molar-refractivity contribution is -0.127. The Morgan fingerprint density at radius 3 is 2.79 bits per heavy atom. The van der Waals surface area contributed by atoms with E-state index in [2.05, 4.69) is 14.8 Å². The highest BCUT2D eigenvalue weighted by molar-refractivity contribution is 5.81. The number of likely N-dealkylation sites (tertiary alicyclic amines) is 1. The van der Waals surface area contributed by atoms with Crippen LogP contribution in [0.5, 0.6) is 5.75 Å². The molecule has 0 unspecified atom stereocenters. The van der Waals surface area contributed by atoms with Crippen LogP contribution in [-0.2, 0) is 11.3 Å². The molecule has 9 heteroatoms. The summed E-state index contributed by atoms with van der Waals surface area (Å²) < 4.78 is 44.6. The van der Waals surface area contributed by atoms with Gasteiger partial charge in [-0.3, -0.25) is 14.5 Å². The summed E-state index contributed by atoms with van der Waals surface area (Å²) in [6.45, 7) is -2.59. The molecular weight excluding hydrogens is 373 g/mol. The Labute approximate surface area is 158 Å². The van der Waals surface area contributed by atoms with Crippen LogP contribution < -0.4 is 4.74 Å². The number of halogens is 3. The fourth-order valence-corrected chi connectivity index (χ4v) is 3.41. The van der Waals surface area contributed by atoms with Crippen molar-refractivity contribution in [3.05, 3.63) is 42.5 Å². The molecule has 1 aromatic carbocycles. The third-order valence-corrected chi connectivity index (χ3v) is 4.99. The summed E-state index contributed by atoms with van der Waals surface area (Å²) >= 11 is 0. The summed E-state index contributed by atoms with van der Waals surface area (Å²) in [5.74, 6) is -1.28. The van der Waals surface area contributed by atoms with Gasteiger partial charge in [-0.05, 0) is 30.2 Å². The number of ether oxygens (including phenoxy) is 1. The van der Waals surface area contributed by atoms with Gasteiger partial charge in [0.05, 0.1) is 24.3 Å². The third kappa shape index (κ3) is 3.39. The minimum absolute atomic E-state index is 0.0520. The van der Waals surface area contributed by atoms with Gasteiger partial charge in [0, 0.05) is 25.2 Å². The van der Waals surface area contributed by atoms with Crippen molar-refractivity contribution in [3.8, 4) is 16.9 Å². The molecule has 28 heavy (non-hydrogen) atoms. The number of likely N-dealkylation sites (N-methyl/N-ethyl adjacent to an activating group) is 1. The van der Waals surface area contributed by atoms with Gasteiger partial charge in [-0.25, -0.2) is 4.39 Å². The fourth-order valence-electron chi connectivity index (χ4n) is 3.41. The quantitative estimate of drug-likeness (QED) is 0.670. The maximum Gasteiger partial charge on any atom is 0.387 e. The lowest BCUT2D eigenvalue weighted by Crippen LogP contribution is -2.32. The topological polar surface area (TPSA) is 60.2 Å². The Bertz CT molecular complexity index is 1040. The first-order valence-corrected chi connectivity index (χ1v) is 8.74. The molecule has 0 radical (unpaired) electrons. The number of aromatic nitrogens is 3. The van der Waals surface area contributed by atoms with E-state index in [9.17, 15) is 18.0 Å². The number of carbonyl (C=O) groups is 1. The maximum absolute atomic E-state index is 13.7. The second-order valence-electron chi connectivity index (χ2n) is 6.68. The predicted molar refractivity (Wildman–Crippen MR) is 95.3 cm³/mol. The van der Waals surface area contributed by atoms with Crippen LogP contribution in [0.25, 0.3) is 22.2 Å². The molecule has 0 aliphatic carbocycles. The van der Waals surface area contributed by atoms with Crippen molar-refractivity contribution in [2.45, 2.75) is 32.0 Å². The van der Waals surface area contributed by atoms with Crippen molar-refractivity contribution in [1.29, 1.82) is 0 Å². The molecule has 1 aliphatic rings. The zero-order valence-corrected chi connectivity index (χ0v) is 15.0. The molecule has 6 nitrogen and oxygen atoms in total. The largest absolute Gasteiger partial charge is 0.432 e. The second-order valence-corrected chi connectivity index (χ2v) is 6.68. The number of hydrogen-bond donors (Lipinski definition) is 0. The van der Waals surface area contributed by atoms with E-state index in [0.717, 1.165) is 18.0 Å². The Hall–Kier alpha value is -3.10. The molecule has 0 spiro atoms. The van der Waals surface area contributed by atoms with E-state index in [0.29, 0.717) is 29.6 Å². The molecule has 0 bridgehead atoms. The predicted octanol–water partition coefficient (Wildman–Crippen LogP) is 3.46. The number of carbonyl (C=O) groups excluding carboxylic acids is 1. The van der Waals surface area contributed by atoms with E-state index < -0.39 is 18.2 Å². The monoisotopic (exact) mass is 390 g/mol. The number of benzene rings is 1. The summed E-state index contributed by atoms with van der Waals surface area (Å²) in [5, 5.41) is 4.36. The van der Waals surface area contributed by atoms with Crippen LogP contribution in [0.1, 0.15) is 12.8 Å². The Morgan fingerprint density at radius 2 is 2.07 bits per heavy atom. The van der Waals surface area contributed by atoms with E-state index in [1.165, 1.54) is 12.1 Å². The highest BCUT2D eigenvalue weighted by Crippen LogP contribution is 2.29. The average Bonchev–Trinajstić information content (AvgIpc) is 3.21. The lowest BCUT2D eigenvalue weighted by Gasteiger charge is -2.20. The maximum atomic E-state index is 13.7. The Morgan fingerprint density at radius 1 is 1.25 bits per heavy atom. The molecule has 146 valence electrons. The molecule has 1 amide bonds.